The molecule has 0 spiro atoms. The molecule has 67 heavy (non-hydrogen) atoms. The van der Waals surface area contributed by atoms with Crippen molar-refractivity contribution in [1.82, 2.24) is 14.7 Å². The summed E-state index contributed by atoms with van der Waals surface area (Å²) in [5, 5.41) is 10.4. The van der Waals surface area contributed by atoms with Gasteiger partial charge in [0.05, 0.1) is 6.10 Å². The van der Waals surface area contributed by atoms with Crippen molar-refractivity contribution in [3.05, 3.63) is 0 Å². The number of amides is 2. The third-order valence-corrected chi connectivity index (χ3v) is 15.4. The van der Waals surface area contributed by atoms with E-state index in [0.717, 1.165) is 97.1 Å². The molecule has 1 fully saturated rings. The van der Waals surface area contributed by atoms with Gasteiger partial charge in [0.1, 0.15) is 0 Å². The van der Waals surface area contributed by atoms with Crippen molar-refractivity contribution in [1.29, 1.82) is 0 Å². The number of carbonyl (C=O) groups excluding carboxylic acids is 2. The van der Waals surface area contributed by atoms with Gasteiger partial charge in [-0.3, -0.25) is 9.59 Å². The summed E-state index contributed by atoms with van der Waals surface area (Å²) < 4.78 is 0. The zero-order valence-electron chi connectivity index (χ0n) is 46.2. The number of aliphatic hydroxyl groups is 1. The Kier molecular flexibility index (Phi) is 47.5. The molecule has 6 heteroatoms. The summed E-state index contributed by atoms with van der Waals surface area (Å²) >= 11 is 0. The summed E-state index contributed by atoms with van der Waals surface area (Å²) in [5.74, 6) is 0.821. The van der Waals surface area contributed by atoms with Crippen LogP contribution in [0.25, 0.3) is 0 Å². The summed E-state index contributed by atoms with van der Waals surface area (Å²) in [6, 6.07) is 0.534. The van der Waals surface area contributed by atoms with Gasteiger partial charge in [0.25, 0.3) is 0 Å². The standard InChI is InChI=1S/C61H121N3O3/c1-5-9-13-17-21-25-33-43-53-63(54-44-34-26-22-18-14-10-6-2)60(66)47-39-31-29-37-41-51-62(58-49-50-59(65)57-58)52-42-38-30-32-40-48-61(67)64(55-45-35-27-23-19-15-11-7-3)56-46-36-28-24-20-16-12-8-4/h58-59,65H,5-57H2,1-4H3/t58-,59-/m0/s1. The van der Waals surface area contributed by atoms with E-state index in [1.807, 2.05) is 0 Å². The van der Waals surface area contributed by atoms with E-state index in [1.54, 1.807) is 0 Å². The van der Waals surface area contributed by atoms with Crippen LogP contribution in [0, 0.1) is 0 Å². The first-order valence-corrected chi connectivity index (χ1v) is 30.9. The first kappa shape index (κ1) is 63.9. The molecule has 0 bridgehead atoms. The van der Waals surface area contributed by atoms with Crippen LogP contribution in [0.2, 0.25) is 0 Å². The zero-order chi connectivity index (χ0) is 48.5. The maximum atomic E-state index is 13.5. The Bertz CT molecular complexity index is 929. The van der Waals surface area contributed by atoms with E-state index in [4.69, 9.17) is 0 Å². The quantitative estimate of drug-likeness (QED) is 0.0617. The van der Waals surface area contributed by atoms with Crippen LogP contribution >= 0.6 is 0 Å². The molecule has 0 unspecified atom stereocenters. The molecular formula is C61H121N3O3. The fraction of sp³-hybridized carbons (Fsp3) is 0.967. The molecule has 1 aliphatic carbocycles. The molecule has 0 radical (unpaired) electrons. The second-order valence-electron chi connectivity index (χ2n) is 21.9. The smallest absolute Gasteiger partial charge is 0.222 e. The molecule has 1 saturated carbocycles. The molecule has 1 N–H and O–H groups in total. The van der Waals surface area contributed by atoms with Crippen LogP contribution in [0.3, 0.4) is 0 Å². The lowest BCUT2D eigenvalue weighted by Crippen LogP contribution is -2.35. The predicted octanol–water partition coefficient (Wildman–Crippen LogP) is 18.1. The highest BCUT2D eigenvalue weighted by Crippen LogP contribution is 2.26. The molecule has 2 amide bonds. The van der Waals surface area contributed by atoms with Gasteiger partial charge < -0.3 is 19.8 Å². The summed E-state index contributed by atoms with van der Waals surface area (Å²) in [4.78, 5) is 34.1. The number of nitrogens with zero attached hydrogens (tertiary/aromatic N) is 3. The number of aliphatic hydroxyl groups excluding tert-OH is 1. The Hall–Kier alpha value is -1.14. The minimum atomic E-state index is -0.126. The number of unbranched alkanes of at least 4 members (excludes halogenated alkanes) is 36. The third-order valence-electron chi connectivity index (χ3n) is 15.4. The van der Waals surface area contributed by atoms with E-state index >= 15 is 0 Å². The maximum Gasteiger partial charge on any atom is 0.222 e. The van der Waals surface area contributed by atoms with Crippen molar-refractivity contribution >= 4 is 11.8 Å². The lowest BCUT2D eigenvalue weighted by Gasteiger charge is -2.29. The Morgan fingerprint density at radius 2 is 0.567 bits per heavy atom. The van der Waals surface area contributed by atoms with Crippen LogP contribution < -0.4 is 0 Å². The van der Waals surface area contributed by atoms with Gasteiger partial charge in [0.2, 0.25) is 11.8 Å². The molecule has 0 aromatic rings. The average molecular weight is 945 g/mol. The highest BCUT2D eigenvalue weighted by molar-refractivity contribution is 5.76. The molecule has 6 nitrogen and oxygen atoms in total. The molecule has 2 atom stereocenters. The van der Waals surface area contributed by atoms with Crippen LogP contribution in [0.15, 0.2) is 0 Å². The Morgan fingerprint density at radius 1 is 0.328 bits per heavy atom. The predicted molar refractivity (Wildman–Crippen MR) is 294 cm³/mol. The first-order chi connectivity index (χ1) is 33.0. The molecule has 0 aromatic heterocycles. The zero-order valence-corrected chi connectivity index (χ0v) is 46.2. The van der Waals surface area contributed by atoms with Crippen LogP contribution in [0.5, 0.6) is 0 Å². The topological polar surface area (TPSA) is 64.1 Å². The summed E-state index contributed by atoms with van der Waals surface area (Å²) in [6.07, 6.45) is 58.3. The second kappa shape index (κ2) is 49.8. The molecule has 0 aliphatic heterocycles. The van der Waals surface area contributed by atoms with Gasteiger partial charge in [0, 0.05) is 45.1 Å². The minimum Gasteiger partial charge on any atom is -0.393 e. The Morgan fingerprint density at radius 3 is 0.821 bits per heavy atom. The van der Waals surface area contributed by atoms with Gasteiger partial charge in [-0.25, -0.2) is 0 Å². The molecule has 0 saturated heterocycles. The lowest BCUT2D eigenvalue weighted by atomic mass is 10.1. The van der Waals surface area contributed by atoms with Gasteiger partial charge >= 0.3 is 0 Å². The second-order valence-corrected chi connectivity index (χ2v) is 21.9. The van der Waals surface area contributed by atoms with Crippen LogP contribution in [0.4, 0.5) is 0 Å². The van der Waals surface area contributed by atoms with Gasteiger partial charge in [-0.2, -0.15) is 0 Å². The van der Waals surface area contributed by atoms with Crippen LogP contribution in [-0.4, -0.2) is 83.0 Å². The normalized spacial score (nSPS) is 15.0. The summed E-state index contributed by atoms with van der Waals surface area (Å²) in [6.45, 7) is 15.3. The molecular weight excluding hydrogens is 823 g/mol. The molecule has 398 valence electrons. The van der Waals surface area contributed by atoms with Gasteiger partial charge in [0.15, 0.2) is 0 Å². The number of rotatable bonds is 53. The maximum absolute atomic E-state index is 13.5. The first-order valence-electron chi connectivity index (χ1n) is 30.9. The van der Waals surface area contributed by atoms with E-state index in [0.29, 0.717) is 17.9 Å². The molecule has 0 heterocycles. The lowest BCUT2D eigenvalue weighted by molar-refractivity contribution is -0.132. The molecule has 1 rings (SSSR count). The van der Waals surface area contributed by atoms with Gasteiger partial charge in [-0.15, -0.1) is 0 Å². The fourth-order valence-electron chi connectivity index (χ4n) is 10.8. The van der Waals surface area contributed by atoms with Crippen LogP contribution in [-0.2, 0) is 9.59 Å². The van der Waals surface area contributed by atoms with Gasteiger partial charge in [-0.1, -0.05) is 246 Å². The van der Waals surface area contributed by atoms with E-state index in [9.17, 15) is 14.7 Å². The van der Waals surface area contributed by atoms with Crippen molar-refractivity contribution in [3.8, 4) is 0 Å². The number of carbonyl (C=O) groups is 2. The van der Waals surface area contributed by atoms with Crippen molar-refractivity contribution in [2.75, 3.05) is 39.3 Å². The van der Waals surface area contributed by atoms with E-state index < -0.39 is 0 Å². The van der Waals surface area contributed by atoms with Crippen LogP contribution in [0.1, 0.15) is 329 Å². The Balaban J connectivity index is 2.41. The van der Waals surface area contributed by atoms with Crippen molar-refractivity contribution in [2.45, 2.75) is 342 Å². The van der Waals surface area contributed by atoms with E-state index in [2.05, 4.69) is 42.4 Å². The van der Waals surface area contributed by atoms with E-state index in [-0.39, 0.29) is 6.10 Å². The minimum absolute atomic E-state index is 0.126. The summed E-state index contributed by atoms with van der Waals surface area (Å²) in [7, 11) is 0. The number of hydrogen-bond acceptors (Lipinski definition) is 4. The monoisotopic (exact) mass is 944 g/mol. The Labute approximate surface area is 420 Å². The SMILES string of the molecule is CCCCCCCCCCN(CCCCCCCCCC)C(=O)CCCCCCCN(CCCCCCCC(=O)N(CCCCCCCCCC)CCCCCCCCCC)[C@H]1CC[C@H](O)C1. The van der Waals surface area contributed by atoms with Crippen molar-refractivity contribution in [3.63, 3.8) is 0 Å². The largest absolute Gasteiger partial charge is 0.393 e. The highest BCUT2D eigenvalue weighted by atomic mass is 16.3. The van der Waals surface area contributed by atoms with Gasteiger partial charge in [-0.05, 0) is 83.7 Å². The number of hydrogen-bond donors (Lipinski definition) is 1. The van der Waals surface area contributed by atoms with Crippen molar-refractivity contribution in [2.24, 2.45) is 0 Å². The average Bonchev–Trinajstić information content (AvgIpc) is 3.77. The third kappa shape index (κ3) is 40.2. The molecule has 1 aliphatic rings. The fourth-order valence-corrected chi connectivity index (χ4v) is 10.8. The van der Waals surface area contributed by atoms with E-state index in [1.165, 1.54) is 244 Å². The molecule has 0 aromatic carbocycles. The highest BCUT2D eigenvalue weighted by Gasteiger charge is 2.27. The van der Waals surface area contributed by atoms with Crippen molar-refractivity contribution < 1.29 is 14.7 Å². The summed E-state index contributed by atoms with van der Waals surface area (Å²) in [5.41, 5.74) is 0.